The average molecular weight is 501 g/mol. The molecule has 6 rings (SSSR count). The molecule has 3 aliphatic rings. The Kier molecular flexibility index (Phi) is 5.79. The highest BCUT2D eigenvalue weighted by molar-refractivity contribution is 6.42. The lowest BCUT2D eigenvalue weighted by Crippen LogP contribution is -2.44. The number of fused-ring (bicyclic) bond motifs is 2. The first-order chi connectivity index (χ1) is 16.6. The van der Waals surface area contributed by atoms with Crippen molar-refractivity contribution in [3.8, 4) is 11.4 Å². The van der Waals surface area contributed by atoms with E-state index in [1.165, 1.54) is 5.56 Å². The highest BCUT2D eigenvalue weighted by Gasteiger charge is 2.30. The summed E-state index contributed by atoms with van der Waals surface area (Å²) in [5.74, 6) is 1.93. The van der Waals surface area contributed by atoms with Gasteiger partial charge in [0.25, 0.3) is 0 Å². The molecule has 0 aliphatic carbocycles. The fourth-order valence-corrected chi connectivity index (χ4v) is 5.46. The SMILES string of the molecule is O=C(NC1CCOC1)C1CCN(c2nc3cc(Cl)c(Cl)cc3n2-c2ccc3c(c2)CCO3)CC1. The van der Waals surface area contributed by atoms with Gasteiger partial charge in [-0.25, -0.2) is 4.98 Å². The number of rotatable bonds is 4. The lowest BCUT2D eigenvalue weighted by atomic mass is 9.95. The van der Waals surface area contributed by atoms with Gasteiger partial charge >= 0.3 is 0 Å². The standard InChI is InChI=1S/C25H26Cl2N4O3/c26-19-12-21-22(13-20(19)27)31(18-1-2-23-16(11-18)5-10-34-23)25(29-21)30-7-3-15(4-8-30)24(32)28-17-6-9-33-14-17/h1-2,11-13,15,17H,3-10,14H2,(H,28,32). The number of carbonyl (C=O) groups excluding carboxylic acids is 1. The van der Waals surface area contributed by atoms with E-state index in [2.05, 4.69) is 26.9 Å². The van der Waals surface area contributed by atoms with Gasteiger partial charge in [0.1, 0.15) is 5.75 Å². The summed E-state index contributed by atoms with van der Waals surface area (Å²) in [6.45, 7) is 3.55. The minimum absolute atomic E-state index is 0.00992. The topological polar surface area (TPSA) is 68.6 Å². The molecule has 0 spiro atoms. The molecule has 1 aromatic heterocycles. The van der Waals surface area contributed by atoms with Gasteiger partial charge in [0.05, 0.1) is 40.3 Å². The molecule has 0 saturated carbocycles. The second kappa shape index (κ2) is 8.95. The van der Waals surface area contributed by atoms with Crippen molar-refractivity contribution in [2.45, 2.75) is 31.7 Å². The number of ether oxygens (including phenoxy) is 2. The van der Waals surface area contributed by atoms with Gasteiger partial charge in [-0.15, -0.1) is 0 Å². The summed E-state index contributed by atoms with van der Waals surface area (Å²) in [5.41, 5.74) is 3.91. The Balaban J connectivity index is 1.30. The molecule has 1 N–H and O–H groups in total. The van der Waals surface area contributed by atoms with Crippen LogP contribution in [0.3, 0.4) is 0 Å². The molecule has 7 nitrogen and oxygen atoms in total. The molecule has 0 radical (unpaired) electrons. The largest absolute Gasteiger partial charge is 0.493 e. The van der Waals surface area contributed by atoms with Crippen molar-refractivity contribution in [2.24, 2.45) is 5.92 Å². The van der Waals surface area contributed by atoms with Crippen molar-refractivity contribution in [1.29, 1.82) is 0 Å². The summed E-state index contributed by atoms with van der Waals surface area (Å²) in [4.78, 5) is 20.0. The Morgan fingerprint density at radius 1 is 1.06 bits per heavy atom. The van der Waals surface area contributed by atoms with Crippen LogP contribution in [0.5, 0.6) is 5.75 Å². The summed E-state index contributed by atoms with van der Waals surface area (Å²) >= 11 is 12.7. The van der Waals surface area contributed by atoms with E-state index in [9.17, 15) is 4.79 Å². The van der Waals surface area contributed by atoms with Gasteiger partial charge in [0.2, 0.25) is 11.9 Å². The Hall–Kier alpha value is -2.48. The van der Waals surface area contributed by atoms with Gasteiger partial charge in [-0.05, 0) is 55.2 Å². The van der Waals surface area contributed by atoms with Crippen molar-refractivity contribution >= 4 is 46.1 Å². The van der Waals surface area contributed by atoms with Crippen molar-refractivity contribution in [3.63, 3.8) is 0 Å². The van der Waals surface area contributed by atoms with Crippen molar-refractivity contribution in [3.05, 3.63) is 45.9 Å². The van der Waals surface area contributed by atoms with Crippen molar-refractivity contribution in [2.75, 3.05) is 37.8 Å². The maximum atomic E-state index is 12.8. The van der Waals surface area contributed by atoms with Gasteiger partial charge in [0.15, 0.2) is 0 Å². The number of nitrogens with one attached hydrogen (secondary N) is 1. The number of benzene rings is 2. The Morgan fingerprint density at radius 3 is 2.68 bits per heavy atom. The number of aromatic nitrogens is 2. The Morgan fingerprint density at radius 2 is 1.88 bits per heavy atom. The van der Waals surface area contributed by atoms with Crippen LogP contribution >= 0.6 is 23.2 Å². The Bertz CT molecular complexity index is 1250. The monoisotopic (exact) mass is 500 g/mol. The summed E-state index contributed by atoms with van der Waals surface area (Å²) in [6, 6.07) is 10.1. The molecule has 1 unspecified atom stereocenters. The zero-order valence-electron chi connectivity index (χ0n) is 18.7. The van der Waals surface area contributed by atoms with E-state index in [-0.39, 0.29) is 17.9 Å². The van der Waals surface area contributed by atoms with E-state index >= 15 is 0 Å². The predicted molar refractivity (Wildman–Crippen MR) is 133 cm³/mol. The molecule has 2 saturated heterocycles. The third-order valence-corrected chi connectivity index (χ3v) is 7.76. The van der Waals surface area contributed by atoms with Crippen molar-refractivity contribution < 1.29 is 14.3 Å². The van der Waals surface area contributed by atoms with Crippen LogP contribution in [0.25, 0.3) is 16.7 Å². The first-order valence-electron chi connectivity index (χ1n) is 11.8. The van der Waals surface area contributed by atoms with Gasteiger partial charge in [-0.1, -0.05) is 23.2 Å². The number of carbonyl (C=O) groups is 1. The highest BCUT2D eigenvalue weighted by Crippen LogP contribution is 2.36. The third kappa shape index (κ3) is 4.00. The van der Waals surface area contributed by atoms with Crippen LogP contribution in [-0.4, -0.2) is 54.4 Å². The summed E-state index contributed by atoms with van der Waals surface area (Å²) in [6.07, 6.45) is 3.35. The number of halogens is 2. The van der Waals surface area contributed by atoms with Gasteiger partial charge in [-0.2, -0.15) is 0 Å². The van der Waals surface area contributed by atoms with Gasteiger partial charge in [-0.3, -0.25) is 9.36 Å². The molecule has 3 aliphatic heterocycles. The number of nitrogens with zero attached hydrogens (tertiary/aromatic N) is 3. The second-order valence-electron chi connectivity index (χ2n) is 9.22. The number of anilines is 1. The van der Waals surface area contributed by atoms with E-state index in [0.29, 0.717) is 23.3 Å². The molecule has 4 heterocycles. The fourth-order valence-electron chi connectivity index (χ4n) is 5.15. The van der Waals surface area contributed by atoms with Crippen LogP contribution in [-0.2, 0) is 16.0 Å². The number of hydrogen-bond acceptors (Lipinski definition) is 5. The normalized spacial score (nSPS) is 20.5. The van der Waals surface area contributed by atoms with E-state index in [1.54, 1.807) is 0 Å². The number of piperidine rings is 1. The number of amides is 1. The highest BCUT2D eigenvalue weighted by atomic mass is 35.5. The molecular formula is C25H26Cl2N4O3. The molecule has 3 aromatic rings. The molecule has 34 heavy (non-hydrogen) atoms. The lowest BCUT2D eigenvalue weighted by Gasteiger charge is -2.33. The molecule has 1 atom stereocenters. The number of imidazole rings is 1. The van der Waals surface area contributed by atoms with Crippen LogP contribution in [0.15, 0.2) is 30.3 Å². The zero-order valence-corrected chi connectivity index (χ0v) is 20.2. The van der Waals surface area contributed by atoms with Crippen LogP contribution in [0.2, 0.25) is 10.0 Å². The predicted octanol–water partition coefficient (Wildman–Crippen LogP) is 4.39. The van der Waals surface area contributed by atoms with Gasteiger partial charge in [0, 0.05) is 37.7 Å². The molecule has 1 amide bonds. The maximum absolute atomic E-state index is 12.8. The lowest BCUT2D eigenvalue weighted by molar-refractivity contribution is -0.126. The fraction of sp³-hybridized carbons (Fsp3) is 0.440. The Labute approximate surface area is 207 Å². The molecule has 178 valence electrons. The molecule has 2 fully saturated rings. The maximum Gasteiger partial charge on any atom is 0.223 e. The second-order valence-corrected chi connectivity index (χ2v) is 10.0. The minimum atomic E-state index is 0.00992. The van der Waals surface area contributed by atoms with Crippen molar-refractivity contribution in [1.82, 2.24) is 14.9 Å². The average Bonchev–Trinajstić information content (AvgIpc) is 3.59. The first-order valence-corrected chi connectivity index (χ1v) is 12.6. The molecule has 2 aromatic carbocycles. The van der Waals surface area contributed by atoms with E-state index in [4.69, 9.17) is 37.7 Å². The van der Waals surface area contributed by atoms with Crippen LogP contribution < -0.4 is 15.0 Å². The minimum Gasteiger partial charge on any atom is -0.493 e. The molecule has 0 bridgehead atoms. The summed E-state index contributed by atoms with van der Waals surface area (Å²) in [7, 11) is 0. The van der Waals surface area contributed by atoms with Crippen LogP contribution in [0.1, 0.15) is 24.8 Å². The molecular weight excluding hydrogens is 475 g/mol. The quantitative estimate of drug-likeness (QED) is 0.575. The van der Waals surface area contributed by atoms with Gasteiger partial charge < -0.3 is 19.7 Å². The third-order valence-electron chi connectivity index (χ3n) is 7.03. The van der Waals surface area contributed by atoms with E-state index in [0.717, 1.165) is 73.8 Å². The summed E-state index contributed by atoms with van der Waals surface area (Å²) < 4.78 is 13.2. The molecule has 9 heteroatoms. The van der Waals surface area contributed by atoms with Crippen LogP contribution in [0.4, 0.5) is 5.95 Å². The summed E-state index contributed by atoms with van der Waals surface area (Å²) in [5, 5.41) is 4.14. The van der Waals surface area contributed by atoms with Crippen LogP contribution in [0, 0.1) is 5.92 Å². The zero-order chi connectivity index (χ0) is 23.2. The smallest absolute Gasteiger partial charge is 0.223 e. The van der Waals surface area contributed by atoms with E-state index < -0.39 is 0 Å². The first kappa shape index (κ1) is 22.0. The number of hydrogen-bond donors (Lipinski definition) is 1. The van der Waals surface area contributed by atoms with E-state index in [1.807, 2.05) is 18.2 Å².